The quantitative estimate of drug-likeness (QED) is 0.609. The largest absolute Gasteiger partial charge is 0.496 e. The highest BCUT2D eigenvalue weighted by Crippen LogP contribution is 2.39. The molecule has 3 aromatic rings. The summed E-state index contributed by atoms with van der Waals surface area (Å²) in [5.41, 5.74) is 1.32. The summed E-state index contributed by atoms with van der Waals surface area (Å²) < 4.78 is 20.5. The Balaban J connectivity index is 2.41. The third-order valence-corrected chi connectivity index (χ3v) is 3.80. The lowest BCUT2D eigenvalue weighted by molar-refractivity contribution is 0.416. The van der Waals surface area contributed by atoms with E-state index in [9.17, 15) is 4.39 Å². The number of rotatable bonds is 2. The summed E-state index contributed by atoms with van der Waals surface area (Å²) in [6.07, 6.45) is 0. The van der Waals surface area contributed by atoms with Crippen molar-refractivity contribution in [2.75, 3.05) is 7.11 Å². The zero-order chi connectivity index (χ0) is 14.1. The van der Waals surface area contributed by atoms with Crippen LogP contribution in [0.25, 0.3) is 21.9 Å². The number of halogens is 2. The van der Waals surface area contributed by atoms with Gasteiger partial charge in [0.15, 0.2) is 0 Å². The molecule has 1 nitrogen and oxygen atoms in total. The molecular formula is C17H12BrFO. The Bertz CT molecular complexity index is 783. The molecule has 20 heavy (non-hydrogen) atoms. The number of hydrogen-bond donors (Lipinski definition) is 0. The Kier molecular flexibility index (Phi) is 3.45. The van der Waals surface area contributed by atoms with Gasteiger partial charge in [-0.15, -0.1) is 0 Å². The molecule has 0 aliphatic carbocycles. The van der Waals surface area contributed by atoms with Gasteiger partial charge < -0.3 is 4.74 Å². The minimum atomic E-state index is -0.261. The normalized spacial score (nSPS) is 10.8. The van der Waals surface area contributed by atoms with Gasteiger partial charge >= 0.3 is 0 Å². The predicted octanol–water partition coefficient (Wildman–Crippen LogP) is 5.42. The zero-order valence-electron chi connectivity index (χ0n) is 10.9. The van der Waals surface area contributed by atoms with Crippen LogP contribution < -0.4 is 4.74 Å². The van der Waals surface area contributed by atoms with Crippen LogP contribution in [0.1, 0.15) is 0 Å². The van der Waals surface area contributed by atoms with E-state index >= 15 is 0 Å². The molecule has 0 aliphatic heterocycles. The second-order valence-electron chi connectivity index (χ2n) is 4.49. The van der Waals surface area contributed by atoms with Gasteiger partial charge in [0.2, 0.25) is 0 Å². The Morgan fingerprint density at radius 2 is 1.80 bits per heavy atom. The molecule has 0 unspecified atom stereocenters. The Labute approximate surface area is 125 Å². The SMILES string of the molecule is COc1ccc2ccccc2c1-c1cc(Br)ccc1F. The lowest BCUT2D eigenvalue weighted by Gasteiger charge is -2.13. The van der Waals surface area contributed by atoms with E-state index in [0.29, 0.717) is 11.3 Å². The molecule has 0 bridgehead atoms. The molecule has 0 radical (unpaired) electrons. The van der Waals surface area contributed by atoms with Crippen LogP contribution in [0.4, 0.5) is 4.39 Å². The highest BCUT2D eigenvalue weighted by Gasteiger charge is 2.14. The number of methoxy groups -OCH3 is 1. The van der Waals surface area contributed by atoms with Gasteiger partial charge in [-0.2, -0.15) is 0 Å². The molecule has 0 aliphatic rings. The maximum atomic E-state index is 14.2. The van der Waals surface area contributed by atoms with Crippen LogP contribution in [0, 0.1) is 5.82 Å². The predicted molar refractivity (Wildman–Crippen MR) is 83.6 cm³/mol. The van der Waals surface area contributed by atoms with E-state index in [4.69, 9.17) is 4.74 Å². The maximum absolute atomic E-state index is 14.2. The number of benzene rings is 3. The smallest absolute Gasteiger partial charge is 0.131 e. The van der Waals surface area contributed by atoms with Gasteiger partial charge in [0.25, 0.3) is 0 Å². The van der Waals surface area contributed by atoms with Crippen molar-refractivity contribution in [3.05, 3.63) is 64.9 Å². The average Bonchev–Trinajstić information content (AvgIpc) is 2.48. The number of fused-ring (bicyclic) bond motifs is 1. The molecular weight excluding hydrogens is 319 g/mol. The van der Waals surface area contributed by atoms with Crippen molar-refractivity contribution in [2.24, 2.45) is 0 Å². The summed E-state index contributed by atoms with van der Waals surface area (Å²) in [6, 6.07) is 16.7. The Morgan fingerprint density at radius 1 is 1.00 bits per heavy atom. The lowest BCUT2D eigenvalue weighted by Crippen LogP contribution is -1.92. The molecule has 100 valence electrons. The number of hydrogen-bond acceptors (Lipinski definition) is 1. The van der Waals surface area contributed by atoms with Crippen molar-refractivity contribution in [3.8, 4) is 16.9 Å². The summed E-state index contributed by atoms with van der Waals surface area (Å²) in [5, 5.41) is 2.03. The van der Waals surface area contributed by atoms with Crippen molar-refractivity contribution in [3.63, 3.8) is 0 Å². The van der Waals surface area contributed by atoms with Crippen molar-refractivity contribution < 1.29 is 9.13 Å². The Hall–Kier alpha value is -1.87. The number of ether oxygens (including phenoxy) is 1. The van der Waals surface area contributed by atoms with Gasteiger partial charge in [-0.3, -0.25) is 0 Å². The highest BCUT2D eigenvalue weighted by atomic mass is 79.9. The van der Waals surface area contributed by atoms with Crippen LogP contribution in [0.3, 0.4) is 0 Å². The molecule has 0 N–H and O–H groups in total. The first-order valence-corrected chi connectivity index (χ1v) is 7.01. The van der Waals surface area contributed by atoms with Gasteiger partial charge in [0, 0.05) is 15.6 Å². The maximum Gasteiger partial charge on any atom is 0.131 e. The molecule has 0 heterocycles. The molecule has 3 aromatic carbocycles. The molecule has 3 heteroatoms. The van der Waals surface area contributed by atoms with E-state index in [1.165, 1.54) is 6.07 Å². The first-order chi connectivity index (χ1) is 9.70. The first kappa shape index (κ1) is 13.1. The summed E-state index contributed by atoms with van der Waals surface area (Å²) in [7, 11) is 1.60. The van der Waals surface area contributed by atoms with E-state index in [1.54, 1.807) is 19.2 Å². The van der Waals surface area contributed by atoms with Gasteiger partial charge in [-0.1, -0.05) is 46.3 Å². The van der Waals surface area contributed by atoms with Crippen molar-refractivity contribution in [1.29, 1.82) is 0 Å². The third kappa shape index (κ3) is 2.18. The minimum absolute atomic E-state index is 0.261. The topological polar surface area (TPSA) is 9.23 Å². The third-order valence-electron chi connectivity index (χ3n) is 3.31. The van der Waals surface area contributed by atoms with Crippen LogP contribution >= 0.6 is 15.9 Å². The van der Waals surface area contributed by atoms with Crippen LogP contribution in [-0.4, -0.2) is 7.11 Å². The van der Waals surface area contributed by atoms with E-state index in [1.807, 2.05) is 36.4 Å². The standard InChI is InChI=1S/C17H12BrFO/c1-20-16-9-6-11-4-2-3-5-13(11)17(16)14-10-12(18)7-8-15(14)19/h2-10H,1H3. The summed E-state index contributed by atoms with van der Waals surface area (Å²) in [4.78, 5) is 0. The van der Waals surface area contributed by atoms with Gasteiger partial charge in [0.05, 0.1) is 7.11 Å². The van der Waals surface area contributed by atoms with E-state index < -0.39 is 0 Å². The first-order valence-electron chi connectivity index (χ1n) is 6.22. The van der Waals surface area contributed by atoms with Crippen LogP contribution in [-0.2, 0) is 0 Å². The fourth-order valence-electron chi connectivity index (χ4n) is 2.39. The van der Waals surface area contributed by atoms with Crippen LogP contribution in [0.5, 0.6) is 5.75 Å². The second-order valence-corrected chi connectivity index (χ2v) is 5.40. The molecule has 0 fully saturated rings. The highest BCUT2D eigenvalue weighted by molar-refractivity contribution is 9.10. The lowest BCUT2D eigenvalue weighted by atomic mass is 9.97. The fraction of sp³-hybridized carbons (Fsp3) is 0.0588. The molecule has 0 aromatic heterocycles. The molecule has 3 rings (SSSR count). The van der Waals surface area contributed by atoms with E-state index in [2.05, 4.69) is 15.9 Å². The van der Waals surface area contributed by atoms with Crippen molar-refractivity contribution in [1.82, 2.24) is 0 Å². The molecule has 0 spiro atoms. The van der Waals surface area contributed by atoms with E-state index in [0.717, 1.165) is 20.8 Å². The molecule has 0 saturated carbocycles. The van der Waals surface area contributed by atoms with Crippen LogP contribution in [0.2, 0.25) is 0 Å². The molecule has 0 saturated heterocycles. The van der Waals surface area contributed by atoms with Gasteiger partial charge in [-0.05, 0) is 35.0 Å². The molecule has 0 amide bonds. The van der Waals surface area contributed by atoms with Crippen molar-refractivity contribution >= 4 is 26.7 Å². The van der Waals surface area contributed by atoms with Gasteiger partial charge in [0.1, 0.15) is 11.6 Å². The second kappa shape index (κ2) is 5.25. The van der Waals surface area contributed by atoms with E-state index in [-0.39, 0.29) is 5.82 Å². The summed E-state index contributed by atoms with van der Waals surface area (Å²) in [6.45, 7) is 0. The molecule has 0 atom stereocenters. The average molecular weight is 331 g/mol. The summed E-state index contributed by atoms with van der Waals surface area (Å²) in [5.74, 6) is 0.406. The minimum Gasteiger partial charge on any atom is -0.496 e. The Morgan fingerprint density at radius 3 is 2.60 bits per heavy atom. The zero-order valence-corrected chi connectivity index (χ0v) is 12.4. The summed E-state index contributed by atoms with van der Waals surface area (Å²) >= 11 is 3.40. The van der Waals surface area contributed by atoms with Gasteiger partial charge in [-0.25, -0.2) is 4.39 Å². The monoisotopic (exact) mass is 330 g/mol. The van der Waals surface area contributed by atoms with Crippen LogP contribution in [0.15, 0.2) is 59.1 Å². The van der Waals surface area contributed by atoms with Crippen molar-refractivity contribution in [2.45, 2.75) is 0 Å². The fourth-order valence-corrected chi connectivity index (χ4v) is 2.75.